The zero-order chi connectivity index (χ0) is 14.8. The van der Waals surface area contributed by atoms with Gasteiger partial charge in [0.1, 0.15) is 0 Å². The number of carbonyl (C=O) groups is 1. The molecule has 3 atom stereocenters. The van der Waals surface area contributed by atoms with Crippen molar-refractivity contribution in [2.24, 2.45) is 11.8 Å². The first-order valence-electron chi connectivity index (χ1n) is 8.17. The lowest BCUT2D eigenvalue weighted by Crippen LogP contribution is -2.46. The molecule has 2 saturated heterocycles. The van der Waals surface area contributed by atoms with Gasteiger partial charge in [-0.3, -0.25) is 9.69 Å². The fourth-order valence-electron chi connectivity index (χ4n) is 4.00. The fraction of sp³-hybridized carbons (Fsp3) is 0.706. The normalized spacial score (nSPS) is 30.8. The van der Waals surface area contributed by atoms with Crippen molar-refractivity contribution in [3.8, 4) is 0 Å². The molecule has 2 aliphatic heterocycles. The van der Waals surface area contributed by atoms with Crippen molar-refractivity contribution in [1.29, 1.82) is 0 Å². The molecule has 21 heavy (non-hydrogen) atoms. The van der Waals surface area contributed by atoms with E-state index < -0.39 is 0 Å². The van der Waals surface area contributed by atoms with Crippen LogP contribution in [-0.2, 0) is 4.79 Å². The number of piperidine rings is 1. The summed E-state index contributed by atoms with van der Waals surface area (Å²) in [5.41, 5.74) is 1.39. The summed E-state index contributed by atoms with van der Waals surface area (Å²) < 4.78 is 0. The number of hydrogen-bond acceptors (Lipinski definition) is 3. The summed E-state index contributed by atoms with van der Waals surface area (Å²) in [5, 5.41) is 4.38. The van der Waals surface area contributed by atoms with E-state index in [-0.39, 0.29) is 0 Å². The Labute approximate surface area is 131 Å². The molecule has 0 N–H and O–H groups in total. The lowest BCUT2D eigenvalue weighted by Gasteiger charge is -2.36. The Kier molecular flexibility index (Phi) is 4.65. The van der Waals surface area contributed by atoms with Crippen LogP contribution in [0.25, 0.3) is 0 Å². The third-order valence-electron chi connectivity index (χ3n) is 4.85. The summed E-state index contributed by atoms with van der Waals surface area (Å²) in [5.74, 6) is 1.61. The molecule has 0 radical (unpaired) electrons. The van der Waals surface area contributed by atoms with E-state index >= 15 is 0 Å². The van der Waals surface area contributed by atoms with Gasteiger partial charge in [-0.15, -0.1) is 0 Å². The summed E-state index contributed by atoms with van der Waals surface area (Å²) in [7, 11) is 0. The van der Waals surface area contributed by atoms with Crippen LogP contribution in [0.15, 0.2) is 16.8 Å². The van der Waals surface area contributed by atoms with Gasteiger partial charge in [0.15, 0.2) is 0 Å². The standard InChI is InChI=1S/C17H26N2OS/c1-13-8-14(2)10-19(9-13)17(20)11-18-6-3-4-16(18)15-5-7-21-12-15/h5,7,12-14,16H,3-4,6,8-11H2,1-2H3/t13-,14-,16+/m1/s1. The monoisotopic (exact) mass is 306 g/mol. The Bertz CT molecular complexity index is 463. The lowest BCUT2D eigenvalue weighted by molar-refractivity contribution is -0.135. The van der Waals surface area contributed by atoms with Crippen LogP contribution >= 0.6 is 11.3 Å². The van der Waals surface area contributed by atoms with Gasteiger partial charge in [0.05, 0.1) is 6.54 Å². The summed E-state index contributed by atoms with van der Waals surface area (Å²) in [6.07, 6.45) is 3.66. The Balaban J connectivity index is 1.61. The van der Waals surface area contributed by atoms with Gasteiger partial charge in [0.25, 0.3) is 0 Å². The third-order valence-corrected chi connectivity index (χ3v) is 5.55. The van der Waals surface area contributed by atoms with E-state index in [2.05, 4.69) is 40.5 Å². The number of rotatable bonds is 3. The molecule has 0 spiro atoms. The average Bonchev–Trinajstić information content (AvgIpc) is 3.07. The van der Waals surface area contributed by atoms with Crippen LogP contribution in [0.2, 0.25) is 0 Å². The highest BCUT2D eigenvalue weighted by Crippen LogP contribution is 2.33. The molecule has 0 unspecified atom stereocenters. The van der Waals surface area contributed by atoms with Crippen molar-refractivity contribution >= 4 is 17.2 Å². The Hall–Kier alpha value is -0.870. The van der Waals surface area contributed by atoms with Gasteiger partial charge < -0.3 is 4.90 Å². The minimum atomic E-state index is 0.329. The van der Waals surface area contributed by atoms with Crippen LogP contribution in [0.4, 0.5) is 0 Å². The second-order valence-electron chi connectivity index (χ2n) is 6.93. The van der Waals surface area contributed by atoms with E-state index in [1.807, 2.05) is 0 Å². The average molecular weight is 306 g/mol. The number of amides is 1. The van der Waals surface area contributed by atoms with E-state index in [1.54, 1.807) is 11.3 Å². The Morgan fingerprint density at radius 1 is 1.33 bits per heavy atom. The summed E-state index contributed by atoms with van der Waals surface area (Å²) >= 11 is 1.75. The first-order valence-corrected chi connectivity index (χ1v) is 9.11. The van der Waals surface area contributed by atoms with Gasteiger partial charge in [-0.2, -0.15) is 11.3 Å². The first kappa shape index (κ1) is 15.0. The molecule has 2 fully saturated rings. The summed E-state index contributed by atoms with van der Waals surface area (Å²) in [4.78, 5) is 17.1. The van der Waals surface area contributed by atoms with Crippen LogP contribution in [-0.4, -0.2) is 41.9 Å². The van der Waals surface area contributed by atoms with Crippen LogP contribution in [0.5, 0.6) is 0 Å². The van der Waals surface area contributed by atoms with Gasteiger partial charge in [0.2, 0.25) is 5.91 Å². The Morgan fingerprint density at radius 3 is 2.76 bits per heavy atom. The minimum absolute atomic E-state index is 0.329. The molecule has 1 aromatic heterocycles. The van der Waals surface area contributed by atoms with Gasteiger partial charge in [-0.25, -0.2) is 0 Å². The van der Waals surface area contributed by atoms with E-state index in [1.165, 1.54) is 24.8 Å². The van der Waals surface area contributed by atoms with Crippen LogP contribution < -0.4 is 0 Å². The molecule has 0 aliphatic carbocycles. The maximum absolute atomic E-state index is 12.6. The molecule has 2 aliphatic rings. The molecule has 4 heteroatoms. The van der Waals surface area contributed by atoms with Crippen molar-refractivity contribution in [2.75, 3.05) is 26.2 Å². The lowest BCUT2D eigenvalue weighted by atomic mass is 9.92. The number of likely N-dealkylation sites (tertiary alicyclic amines) is 2. The zero-order valence-corrected chi connectivity index (χ0v) is 13.9. The highest BCUT2D eigenvalue weighted by atomic mass is 32.1. The molecule has 0 saturated carbocycles. The first-order chi connectivity index (χ1) is 10.1. The highest BCUT2D eigenvalue weighted by Gasteiger charge is 2.31. The van der Waals surface area contributed by atoms with Crippen LogP contribution in [0, 0.1) is 11.8 Å². The number of carbonyl (C=O) groups excluding carboxylic acids is 1. The molecular weight excluding hydrogens is 280 g/mol. The van der Waals surface area contributed by atoms with Crippen molar-refractivity contribution < 1.29 is 4.79 Å². The maximum atomic E-state index is 12.6. The topological polar surface area (TPSA) is 23.6 Å². The highest BCUT2D eigenvalue weighted by molar-refractivity contribution is 7.07. The van der Waals surface area contributed by atoms with E-state index in [0.717, 1.165) is 19.6 Å². The second-order valence-corrected chi connectivity index (χ2v) is 7.71. The van der Waals surface area contributed by atoms with Crippen LogP contribution in [0.3, 0.4) is 0 Å². The molecular formula is C17H26N2OS. The molecule has 116 valence electrons. The number of hydrogen-bond donors (Lipinski definition) is 0. The molecule has 1 aromatic rings. The number of thiophene rings is 1. The van der Waals surface area contributed by atoms with Crippen LogP contribution in [0.1, 0.15) is 44.7 Å². The van der Waals surface area contributed by atoms with Gasteiger partial charge in [-0.05, 0) is 60.0 Å². The minimum Gasteiger partial charge on any atom is -0.341 e. The Morgan fingerprint density at radius 2 is 2.10 bits per heavy atom. The smallest absolute Gasteiger partial charge is 0.236 e. The van der Waals surface area contributed by atoms with E-state index in [9.17, 15) is 4.79 Å². The summed E-state index contributed by atoms with van der Waals surface area (Å²) in [6, 6.07) is 2.67. The number of nitrogens with zero attached hydrogens (tertiary/aromatic N) is 2. The maximum Gasteiger partial charge on any atom is 0.236 e. The quantitative estimate of drug-likeness (QED) is 0.854. The molecule has 1 amide bonds. The fourth-order valence-corrected chi connectivity index (χ4v) is 4.70. The predicted octanol–water partition coefficient (Wildman–Crippen LogP) is 3.39. The second kappa shape index (κ2) is 6.49. The van der Waals surface area contributed by atoms with Crippen molar-refractivity contribution in [1.82, 2.24) is 9.80 Å². The molecule has 3 rings (SSSR count). The molecule has 3 heterocycles. The van der Waals surface area contributed by atoms with E-state index in [4.69, 9.17) is 0 Å². The molecule has 0 bridgehead atoms. The van der Waals surface area contributed by atoms with Crippen molar-refractivity contribution in [3.63, 3.8) is 0 Å². The van der Waals surface area contributed by atoms with E-state index in [0.29, 0.717) is 30.3 Å². The van der Waals surface area contributed by atoms with Gasteiger partial charge in [0, 0.05) is 19.1 Å². The zero-order valence-electron chi connectivity index (χ0n) is 13.1. The van der Waals surface area contributed by atoms with Crippen molar-refractivity contribution in [3.05, 3.63) is 22.4 Å². The third kappa shape index (κ3) is 3.49. The summed E-state index contributed by atoms with van der Waals surface area (Å²) in [6.45, 7) is 8.07. The van der Waals surface area contributed by atoms with Gasteiger partial charge in [-0.1, -0.05) is 13.8 Å². The SMILES string of the molecule is C[C@@H]1C[C@@H](C)CN(C(=O)CN2CCC[C@H]2c2ccsc2)C1. The predicted molar refractivity (Wildman–Crippen MR) is 87.4 cm³/mol. The van der Waals surface area contributed by atoms with Crippen molar-refractivity contribution in [2.45, 2.75) is 39.2 Å². The largest absolute Gasteiger partial charge is 0.341 e. The van der Waals surface area contributed by atoms with Gasteiger partial charge >= 0.3 is 0 Å². The molecule has 0 aromatic carbocycles. The molecule has 3 nitrogen and oxygen atoms in total.